The third kappa shape index (κ3) is 5.00. The van der Waals surface area contributed by atoms with E-state index in [0.29, 0.717) is 5.95 Å². The Labute approximate surface area is 154 Å². The predicted octanol–water partition coefficient (Wildman–Crippen LogP) is 3.56. The van der Waals surface area contributed by atoms with Crippen molar-refractivity contribution in [3.63, 3.8) is 0 Å². The minimum absolute atomic E-state index is 0.588. The summed E-state index contributed by atoms with van der Waals surface area (Å²) in [5.41, 5.74) is 3.80. The Hall–Kier alpha value is -2.99. The molecular formula is C20H24N6. The molecule has 0 unspecified atom stereocenters. The average molecular weight is 348 g/mol. The third-order valence-corrected chi connectivity index (χ3v) is 3.82. The van der Waals surface area contributed by atoms with Crippen molar-refractivity contribution < 1.29 is 0 Å². The maximum atomic E-state index is 4.61. The van der Waals surface area contributed by atoms with Crippen LogP contribution < -0.4 is 10.6 Å². The number of nitrogens with zero attached hydrogens (tertiary/aromatic N) is 4. The molecular weight excluding hydrogens is 324 g/mol. The topological polar surface area (TPSA) is 66.0 Å². The second-order valence-corrected chi connectivity index (χ2v) is 6.40. The van der Waals surface area contributed by atoms with Gasteiger partial charge < -0.3 is 15.5 Å². The van der Waals surface area contributed by atoms with Gasteiger partial charge in [0.1, 0.15) is 5.82 Å². The smallest absolute Gasteiger partial charge is 0.225 e. The molecule has 134 valence electrons. The second kappa shape index (κ2) is 8.40. The first-order valence-corrected chi connectivity index (χ1v) is 8.63. The van der Waals surface area contributed by atoms with E-state index in [0.717, 1.165) is 36.0 Å². The Kier molecular flexibility index (Phi) is 5.76. The lowest BCUT2D eigenvalue weighted by Crippen LogP contribution is -2.21. The quantitative estimate of drug-likeness (QED) is 0.680. The van der Waals surface area contributed by atoms with Gasteiger partial charge in [0, 0.05) is 31.0 Å². The fraction of sp³-hybridized carbons (Fsp3) is 0.250. The molecule has 2 N–H and O–H groups in total. The summed E-state index contributed by atoms with van der Waals surface area (Å²) in [6.45, 7) is 3.74. The Balaban J connectivity index is 1.87. The van der Waals surface area contributed by atoms with Gasteiger partial charge in [0.05, 0.1) is 11.4 Å². The molecule has 0 bridgehead atoms. The van der Waals surface area contributed by atoms with Crippen LogP contribution in [-0.4, -0.2) is 47.0 Å². The van der Waals surface area contributed by atoms with E-state index in [4.69, 9.17) is 0 Å². The first-order chi connectivity index (χ1) is 12.6. The number of hydrogen-bond donors (Lipinski definition) is 2. The highest BCUT2D eigenvalue weighted by molar-refractivity contribution is 5.65. The van der Waals surface area contributed by atoms with Gasteiger partial charge in [-0.25, -0.2) is 4.98 Å². The summed E-state index contributed by atoms with van der Waals surface area (Å²) in [6, 6.07) is 15.9. The van der Waals surface area contributed by atoms with Gasteiger partial charge in [0.2, 0.25) is 5.95 Å². The normalized spacial score (nSPS) is 10.8. The van der Waals surface area contributed by atoms with Gasteiger partial charge in [0.25, 0.3) is 0 Å². The lowest BCUT2D eigenvalue weighted by atomic mass is 10.2. The molecule has 0 radical (unpaired) electrons. The van der Waals surface area contributed by atoms with Gasteiger partial charge in [-0.15, -0.1) is 0 Å². The molecule has 3 aromatic rings. The van der Waals surface area contributed by atoms with Crippen LogP contribution in [0.15, 0.2) is 54.7 Å². The number of pyridine rings is 1. The van der Waals surface area contributed by atoms with Crippen LogP contribution >= 0.6 is 0 Å². The van der Waals surface area contributed by atoms with Crippen LogP contribution in [-0.2, 0) is 0 Å². The lowest BCUT2D eigenvalue weighted by molar-refractivity contribution is 0.425. The van der Waals surface area contributed by atoms with E-state index in [1.54, 1.807) is 6.20 Å². The molecule has 0 aliphatic heterocycles. The van der Waals surface area contributed by atoms with E-state index >= 15 is 0 Å². The van der Waals surface area contributed by atoms with Crippen molar-refractivity contribution in [1.29, 1.82) is 0 Å². The van der Waals surface area contributed by atoms with Crippen LogP contribution in [0.1, 0.15) is 5.56 Å². The summed E-state index contributed by atoms with van der Waals surface area (Å²) in [7, 11) is 4.08. The number of benzene rings is 1. The third-order valence-electron chi connectivity index (χ3n) is 3.82. The standard InChI is InChI=1S/C20H24N6/c1-15-7-9-16(10-8-15)23-19-14-18(17-6-4-5-11-21-17)24-20(25-19)22-12-13-26(2)3/h4-11,14H,12-13H2,1-3H3,(H2,22,23,24,25). The average Bonchev–Trinajstić information content (AvgIpc) is 2.64. The van der Waals surface area contributed by atoms with Crippen molar-refractivity contribution in [1.82, 2.24) is 19.9 Å². The van der Waals surface area contributed by atoms with Crippen LogP contribution in [0.25, 0.3) is 11.4 Å². The number of anilines is 3. The van der Waals surface area contributed by atoms with Crippen LogP contribution in [0.5, 0.6) is 0 Å². The van der Waals surface area contributed by atoms with Gasteiger partial charge >= 0.3 is 0 Å². The van der Waals surface area contributed by atoms with Gasteiger partial charge in [0.15, 0.2) is 0 Å². The minimum atomic E-state index is 0.588. The zero-order valence-electron chi connectivity index (χ0n) is 15.4. The molecule has 1 aromatic carbocycles. The van der Waals surface area contributed by atoms with Crippen LogP contribution in [0.3, 0.4) is 0 Å². The fourth-order valence-corrected chi connectivity index (χ4v) is 2.41. The molecule has 0 atom stereocenters. The first kappa shape index (κ1) is 17.8. The number of aromatic nitrogens is 3. The number of hydrogen-bond acceptors (Lipinski definition) is 6. The molecule has 0 spiro atoms. The van der Waals surface area contributed by atoms with E-state index in [-0.39, 0.29) is 0 Å². The summed E-state index contributed by atoms with van der Waals surface area (Å²) in [5, 5.41) is 6.64. The largest absolute Gasteiger partial charge is 0.353 e. The van der Waals surface area contributed by atoms with Gasteiger partial charge in [-0.05, 0) is 45.3 Å². The van der Waals surface area contributed by atoms with Crippen molar-refractivity contribution in [2.24, 2.45) is 0 Å². The summed E-state index contributed by atoms with van der Waals surface area (Å²) < 4.78 is 0. The van der Waals surface area contributed by atoms with E-state index in [9.17, 15) is 0 Å². The number of aryl methyl sites for hydroxylation is 1. The van der Waals surface area contributed by atoms with Crippen LogP contribution in [0, 0.1) is 6.92 Å². The van der Waals surface area contributed by atoms with Crippen LogP contribution in [0.4, 0.5) is 17.5 Å². The maximum absolute atomic E-state index is 4.61. The molecule has 26 heavy (non-hydrogen) atoms. The van der Waals surface area contributed by atoms with Crippen molar-refractivity contribution >= 4 is 17.5 Å². The molecule has 2 heterocycles. The predicted molar refractivity (Wildman–Crippen MR) is 107 cm³/mol. The lowest BCUT2D eigenvalue weighted by Gasteiger charge is -2.13. The Morgan fingerprint density at radius 3 is 2.46 bits per heavy atom. The van der Waals surface area contributed by atoms with Gasteiger partial charge in [-0.3, -0.25) is 4.98 Å². The zero-order valence-corrected chi connectivity index (χ0v) is 15.4. The Morgan fingerprint density at radius 2 is 1.77 bits per heavy atom. The summed E-state index contributed by atoms with van der Waals surface area (Å²) in [4.78, 5) is 15.7. The number of nitrogens with one attached hydrogen (secondary N) is 2. The molecule has 0 saturated carbocycles. The van der Waals surface area contributed by atoms with E-state index in [1.165, 1.54) is 5.56 Å². The van der Waals surface area contributed by atoms with Gasteiger partial charge in [-0.2, -0.15) is 4.98 Å². The number of likely N-dealkylation sites (N-methyl/N-ethyl adjacent to an activating group) is 1. The Morgan fingerprint density at radius 1 is 0.962 bits per heavy atom. The fourth-order valence-electron chi connectivity index (χ4n) is 2.41. The molecule has 0 aliphatic carbocycles. The maximum Gasteiger partial charge on any atom is 0.225 e. The minimum Gasteiger partial charge on any atom is -0.353 e. The van der Waals surface area contributed by atoms with Crippen molar-refractivity contribution in [2.45, 2.75) is 6.92 Å². The van der Waals surface area contributed by atoms with E-state index in [2.05, 4.69) is 49.5 Å². The monoisotopic (exact) mass is 348 g/mol. The molecule has 2 aromatic heterocycles. The second-order valence-electron chi connectivity index (χ2n) is 6.40. The summed E-state index contributed by atoms with van der Waals surface area (Å²) in [5.74, 6) is 1.32. The summed E-state index contributed by atoms with van der Waals surface area (Å²) >= 11 is 0. The molecule has 6 nitrogen and oxygen atoms in total. The highest BCUT2D eigenvalue weighted by atomic mass is 15.2. The van der Waals surface area contributed by atoms with E-state index in [1.807, 2.05) is 50.5 Å². The molecule has 0 saturated heterocycles. The van der Waals surface area contributed by atoms with Crippen LogP contribution in [0.2, 0.25) is 0 Å². The Bertz CT molecular complexity index is 831. The highest BCUT2D eigenvalue weighted by Gasteiger charge is 2.08. The number of rotatable bonds is 7. The summed E-state index contributed by atoms with van der Waals surface area (Å²) in [6.07, 6.45) is 1.77. The molecule has 0 aliphatic rings. The molecule has 0 fully saturated rings. The molecule has 3 rings (SSSR count). The van der Waals surface area contributed by atoms with Crippen molar-refractivity contribution in [3.05, 3.63) is 60.3 Å². The SMILES string of the molecule is Cc1ccc(Nc2cc(-c3ccccn3)nc(NCCN(C)C)n2)cc1. The van der Waals surface area contributed by atoms with Gasteiger partial charge in [-0.1, -0.05) is 23.8 Å². The highest BCUT2D eigenvalue weighted by Crippen LogP contribution is 2.22. The molecule has 0 amide bonds. The first-order valence-electron chi connectivity index (χ1n) is 8.63. The van der Waals surface area contributed by atoms with Crippen molar-refractivity contribution in [3.8, 4) is 11.4 Å². The zero-order chi connectivity index (χ0) is 18.4. The van der Waals surface area contributed by atoms with E-state index < -0.39 is 0 Å². The van der Waals surface area contributed by atoms with Crippen molar-refractivity contribution in [2.75, 3.05) is 37.8 Å². The molecule has 6 heteroatoms.